The maximum Gasteiger partial charge on any atom is 0.268 e. The summed E-state index contributed by atoms with van der Waals surface area (Å²) in [6, 6.07) is 3.59. The number of carbonyl (C=O) groups is 1. The first kappa shape index (κ1) is 12.0. The van der Waals surface area contributed by atoms with Gasteiger partial charge in [-0.25, -0.2) is 13.8 Å². The van der Waals surface area contributed by atoms with Crippen molar-refractivity contribution in [2.24, 2.45) is 0 Å². The van der Waals surface area contributed by atoms with E-state index in [1.54, 1.807) is 5.01 Å². The maximum atomic E-state index is 13.4. The van der Waals surface area contributed by atoms with E-state index in [-0.39, 0.29) is 5.56 Å². The fourth-order valence-corrected chi connectivity index (χ4v) is 1.89. The average molecular weight is 240 g/mol. The minimum atomic E-state index is -1.10. The molecule has 3 nitrogen and oxygen atoms in total. The number of hydrogen-bond donors (Lipinski definition) is 1. The predicted octanol–water partition coefficient (Wildman–Crippen LogP) is 2.10. The van der Waals surface area contributed by atoms with Gasteiger partial charge < -0.3 is 0 Å². The van der Waals surface area contributed by atoms with Gasteiger partial charge in [-0.3, -0.25) is 10.2 Å². The van der Waals surface area contributed by atoms with Gasteiger partial charge in [0.05, 0.1) is 5.56 Å². The van der Waals surface area contributed by atoms with E-state index in [0.717, 1.165) is 38.4 Å². The number of rotatable bonds is 2. The van der Waals surface area contributed by atoms with Gasteiger partial charge in [-0.1, -0.05) is 12.5 Å². The lowest BCUT2D eigenvalue weighted by Crippen LogP contribution is -2.45. The van der Waals surface area contributed by atoms with E-state index in [1.165, 1.54) is 12.1 Å². The summed E-state index contributed by atoms with van der Waals surface area (Å²) in [6.07, 6.45) is 3.15. The van der Waals surface area contributed by atoms with Crippen LogP contribution >= 0.6 is 0 Å². The van der Waals surface area contributed by atoms with E-state index >= 15 is 0 Å². The fourth-order valence-electron chi connectivity index (χ4n) is 1.89. The van der Waals surface area contributed by atoms with Crippen molar-refractivity contribution in [3.8, 4) is 0 Å². The molecule has 5 heteroatoms. The first-order valence-corrected chi connectivity index (χ1v) is 5.68. The van der Waals surface area contributed by atoms with E-state index in [0.29, 0.717) is 0 Å². The Balaban J connectivity index is 2.06. The van der Waals surface area contributed by atoms with Crippen molar-refractivity contribution in [2.45, 2.75) is 19.3 Å². The summed E-state index contributed by atoms with van der Waals surface area (Å²) in [6.45, 7) is 1.51. The van der Waals surface area contributed by atoms with Gasteiger partial charge in [0, 0.05) is 13.1 Å². The first-order chi connectivity index (χ1) is 8.18. The second-order valence-corrected chi connectivity index (χ2v) is 4.09. The lowest BCUT2D eigenvalue weighted by molar-refractivity contribution is 0.0745. The highest BCUT2D eigenvalue weighted by molar-refractivity contribution is 5.94. The average Bonchev–Trinajstić information content (AvgIpc) is 2.34. The van der Waals surface area contributed by atoms with Crippen molar-refractivity contribution < 1.29 is 13.6 Å². The Morgan fingerprint density at radius 2 is 1.88 bits per heavy atom. The molecule has 1 aromatic rings. The van der Waals surface area contributed by atoms with Gasteiger partial charge >= 0.3 is 0 Å². The number of amides is 1. The number of benzene rings is 1. The van der Waals surface area contributed by atoms with Crippen LogP contribution in [0.3, 0.4) is 0 Å². The highest BCUT2D eigenvalue weighted by Crippen LogP contribution is 2.12. The fraction of sp³-hybridized carbons (Fsp3) is 0.417. The predicted molar refractivity (Wildman–Crippen MR) is 59.2 cm³/mol. The Kier molecular flexibility index (Phi) is 3.68. The van der Waals surface area contributed by atoms with Crippen molar-refractivity contribution in [3.05, 3.63) is 35.4 Å². The zero-order chi connectivity index (χ0) is 12.3. The van der Waals surface area contributed by atoms with Crippen LogP contribution in [-0.4, -0.2) is 24.0 Å². The Labute approximate surface area is 98.4 Å². The number of hydrazine groups is 1. The molecule has 92 valence electrons. The maximum absolute atomic E-state index is 13.4. The third kappa shape index (κ3) is 2.79. The van der Waals surface area contributed by atoms with E-state index in [4.69, 9.17) is 0 Å². The smallest absolute Gasteiger partial charge is 0.268 e. The number of carbonyl (C=O) groups excluding carboxylic acids is 1. The highest BCUT2D eigenvalue weighted by atomic mass is 19.2. The minimum Gasteiger partial charge on any atom is -0.285 e. The molecule has 17 heavy (non-hydrogen) atoms. The van der Waals surface area contributed by atoms with Gasteiger partial charge in [0.1, 0.15) is 0 Å². The third-order valence-corrected chi connectivity index (χ3v) is 2.81. The van der Waals surface area contributed by atoms with Crippen LogP contribution < -0.4 is 5.43 Å². The normalized spacial score (nSPS) is 16.8. The molecule has 0 aromatic heterocycles. The SMILES string of the molecule is O=C(NN1CCCCC1)c1cccc(F)c1F. The molecule has 0 bridgehead atoms. The molecule has 1 aliphatic heterocycles. The number of hydrogen-bond acceptors (Lipinski definition) is 2. The standard InChI is InChI=1S/C12H14F2N2O/c13-10-6-4-5-9(11(10)14)12(17)15-16-7-2-1-3-8-16/h4-6H,1-3,7-8H2,(H,15,17). The van der Waals surface area contributed by atoms with Gasteiger partial charge in [-0.2, -0.15) is 0 Å². The van der Waals surface area contributed by atoms with Crippen molar-refractivity contribution in [1.29, 1.82) is 0 Å². The van der Waals surface area contributed by atoms with Gasteiger partial charge in [0.15, 0.2) is 11.6 Å². The first-order valence-electron chi connectivity index (χ1n) is 5.68. The van der Waals surface area contributed by atoms with Gasteiger partial charge in [0.2, 0.25) is 0 Å². The number of halogens is 2. The molecule has 0 aliphatic carbocycles. The molecule has 1 fully saturated rings. The van der Waals surface area contributed by atoms with E-state index in [9.17, 15) is 13.6 Å². The van der Waals surface area contributed by atoms with Crippen molar-refractivity contribution in [2.75, 3.05) is 13.1 Å². The summed E-state index contributed by atoms with van der Waals surface area (Å²) in [4.78, 5) is 11.7. The summed E-state index contributed by atoms with van der Waals surface area (Å²) >= 11 is 0. The molecule has 1 saturated heterocycles. The molecule has 2 rings (SSSR count). The molecule has 0 unspecified atom stereocenters. The van der Waals surface area contributed by atoms with E-state index in [1.807, 2.05) is 0 Å². The van der Waals surface area contributed by atoms with Crippen LogP contribution in [0.5, 0.6) is 0 Å². The molecule has 1 amide bonds. The summed E-state index contributed by atoms with van der Waals surface area (Å²) in [7, 11) is 0. The second-order valence-electron chi connectivity index (χ2n) is 4.09. The van der Waals surface area contributed by atoms with E-state index < -0.39 is 17.5 Å². The molecular weight excluding hydrogens is 226 g/mol. The third-order valence-electron chi connectivity index (χ3n) is 2.81. The van der Waals surface area contributed by atoms with Crippen molar-refractivity contribution in [3.63, 3.8) is 0 Å². The zero-order valence-electron chi connectivity index (χ0n) is 9.38. The van der Waals surface area contributed by atoms with Gasteiger partial charge in [0.25, 0.3) is 5.91 Å². The molecule has 1 aromatic carbocycles. The van der Waals surface area contributed by atoms with E-state index in [2.05, 4.69) is 5.43 Å². The topological polar surface area (TPSA) is 32.3 Å². The monoisotopic (exact) mass is 240 g/mol. The largest absolute Gasteiger partial charge is 0.285 e. The molecule has 0 atom stereocenters. The molecule has 0 spiro atoms. The Morgan fingerprint density at radius 3 is 2.59 bits per heavy atom. The molecule has 0 radical (unpaired) electrons. The molecule has 1 heterocycles. The summed E-state index contributed by atoms with van der Waals surface area (Å²) < 4.78 is 26.3. The van der Waals surface area contributed by atoms with Crippen LogP contribution in [0.4, 0.5) is 8.78 Å². The summed E-state index contributed by atoms with van der Waals surface area (Å²) in [5.74, 6) is -2.69. The van der Waals surface area contributed by atoms with Crippen LogP contribution in [0.25, 0.3) is 0 Å². The number of piperidine rings is 1. The highest BCUT2D eigenvalue weighted by Gasteiger charge is 2.18. The molecule has 0 saturated carbocycles. The van der Waals surface area contributed by atoms with Crippen LogP contribution in [-0.2, 0) is 0 Å². The lowest BCUT2D eigenvalue weighted by Gasteiger charge is -2.26. The van der Waals surface area contributed by atoms with Crippen LogP contribution in [0, 0.1) is 11.6 Å². The van der Waals surface area contributed by atoms with Crippen molar-refractivity contribution in [1.82, 2.24) is 10.4 Å². The lowest BCUT2D eigenvalue weighted by atomic mass is 10.1. The molecule has 1 aliphatic rings. The summed E-state index contributed by atoms with van der Waals surface area (Å²) in [5.41, 5.74) is 2.34. The zero-order valence-corrected chi connectivity index (χ0v) is 9.38. The van der Waals surface area contributed by atoms with Crippen LogP contribution in [0.15, 0.2) is 18.2 Å². The second kappa shape index (κ2) is 5.23. The van der Waals surface area contributed by atoms with Crippen LogP contribution in [0.1, 0.15) is 29.6 Å². The number of nitrogens with zero attached hydrogens (tertiary/aromatic N) is 1. The Bertz CT molecular complexity index is 417. The van der Waals surface area contributed by atoms with Gasteiger partial charge in [-0.15, -0.1) is 0 Å². The van der Waals surface area contributed by atoms with Crippen LogP contribution in [0.2, 0.25) is 0 Å². The molecular formula is C12H14F2N2O. The minimum absolute atomic E-state index is 0.254. The quantitative estimate of drug-likeness (QED) is 0.858. The Hall–Kier alpha value is -1.49. The number of nitrogens with one attached hydrogen (secondary N) is 1. The van der Waals surface area contributed by atoms with Crippen molar-refractivity contribution >= 4 is 5.91 Å². The molecule has 1 N–H and O–H groups in total. The summed E-state index contributed by atoms with van der Waals surface area (Å²) in [5, 5.41) is 1.75. The van der Waals surface area contributed by atoms with Gasteiger partial charge in [-0.05, 0) is 25.0 Å². The Morgan fingerprint density at radius 1 is 1.18 bits per heavy atom.